The van der Waals surface area contributed by atoms with Gasteiger partial charge in [0.15, 0.2) is 5.96 Å². The maximum Gasteiger partial charge on any atom is 0.191 e. The molecule has 2 saturated heterocycles. The van der Waals surface area contributed by atoms with E-state index in [2.05, 4.69) is 20.5 Å². The van der Waals surface area contributed by atoms with Crippen molar-refractivity contribution in [2.45, 2.75) is 44.9 Å². The zero-order chi connectivity index (χ0) is 17.6. The van der Waals surface area contributed by atoms with Crippen molar-refractivity contribution < 1.29 is 9.47 Å². The van der Waals surface area contributed by atoms with Gasteiger partial charge in [-0.05, 0) is 51.1 Å². The van der Waals surface area contributed by atoms with Crippen LogP contribution in [-0.2, 0) is 9.47 Å². The van der Waals surface area contributed by atoms with E-state index in [4.69, 9.17) is 9.47 Å². The summed E-state index contributed by atoms with van der Waals surface area (Å²) in [6, 6.07) is 0. The molecule has 2 rings (SSSR count). The predicted molar refractivity (Wildman–Crippen MR) is 119 cm³/mol. The minimum Gasteiger partial charge on any atom is -0.381 e. The minimum atomic E-state index is 0. The van der Waals surface area contributed by atoms with E-state index in [1.807, 2.05) is 7.05 Å². The Morgan fingerprint density at radius 1 is 1.08 bits per heavy atom. The highest BCUT2D eigenvalue weighted by atomic mass is 127. The lowest BCUT2D eigenvalue weighted by Gasteiger charge is -2.22. The molecule has 26 heavy (non-hydrogen) atoms. The molecule has 0 atom stereocenters. The second-order valence-electron chi connectivity index (χ2n) is 7.17. The first-order valence-corrected chi connectivity index (χ1v) is 10.2. The van der Waals surface area contributed by atoms with Crippen LogP contribution in [0.1, 0.15) is 44.9 Å². The van der Waals surface area contributed by atoms with E-state index >= 15 is 0 Å². The van der Waals surface area contributed by atoms with Crippen molar-refractivity contribution in [3.8, 4) is 0 Å². The van der Waals surface area contributed by atoms with Gasteiger partial charge < -0.3 is 25.0 Å². The number of aliphatic imine (C=N–C) groups is 1. The van der Waals surface area contributed by atoms with Gasteiger partial charge in [-0.15, -0.1) is 24.0 Å². The summed E-state index contributed by atoms with van der Waals surface area (Å²) in [5, 5.41) is 6.80. The predicted octanol–water partition coefficient (Wildman–Crippen LogP) is 2.48. The van der Waals surface area contributed by atoms with E-state index in [-0.39, 0.29) is 24.0 Å². The van der Waals surface area contributed by atoms with Crippen molar-refractivity contribution in [2.75, 3.05) is 66.2 Å². The average Bonchev–Trinajstić information content (AvgIpc) is 2.92. The van der Waals surface area contributed by atoms with Crippen LogP contribution in [0.15, 0.2) is 4.99 Å². The lowest BCUT2D eigenvalue weighted by atomic mass is 10.0. The molecule has 0 bridgehead atoms. The molecule has 2 fully saturated rings. The molecule has 0 spiro atoms. The summed E-state index contributed by atoms with van der Waals surface area (Å²) in [7, 11) is 1.84. The highest BCUT2D eigenvalue weighted by Gasteiger charge is 2.13. The number of hydrogen-bond donors (Lipinski definition) is 2. The van der Waals surface area contributed by atoms with Crippen LogP contribution in [0.25, 0.3) is 0 Å². The van der Waals surface area contributed by atoms with Crippen LogP contribution >= 0.6 is 24.0 Å². The zero-order valence-corrected chi connectivity index (χ0v) is 18.8. The normalized spacial score (nSPS) is 20.3. The Labute approximate surface area is 176 Å². The first-order valence-electron chi connectivity index (χ1n) is 10.2. The summed E-state index contributed by atoms with van der Waals surface area (Å²) in [5.41, 5.74) is 0. The van der Waals surface area contributed by atoms with Gasteiger partial charge in [0.1, 0.15) is 0 Å². The standard InChI is InChI=1S/C19H38N4O2.HI/c1-20-19(22-10-13-23-11-4-2-3-5-12-23)21-9-6-14-25-17-18-7-15-24-16-8-18;/h18H,2-17H2,1H3,(H2,20,21,22);1H. The molecule has 2 heterocycles. The van der Waals surface area contributed by atoms with Gasteiger partial charge in [0.2, 0.25) is 0 Å². The van der Waals surface area contributed by atoms with E-state index in [9.17, 15) is 0 Å². The molecule has 0 aromatic rings. The van der Waals surface area contributed by atoms with Crippen molar-refractivity contribution in [1.29, 1.82) is 0 Å². The first-order chi connectivity index (χ1) is 12.4. The minimum absolute atomic E-state index is 0. The largest absolute Gasteiger partial charge is 0.381 e. The van der Waals surface area contributed by atoms with Gasteiger partial charge in [0, 0.05) is 53.1 Å². The molecule has 0 unspecified atom stereocenters. The topological polar surface area (TPSA) is 58.1 Å². The van der Waals surface area contributed by atoms with Gasteiger partial charge in [-0.25, -0.2) is 0 Å². The van der Waals surface area contributed by atoms with Gasteiger partial charge in [0.25, 0.3) is 0 Å². The zero-order valence-electron chi connectivity index (χ0n) is 16.5. The lowest BCUT2D eigenvalue weighted by Crippen LogP contribution is -2.42. The highest BCUT2D eigenvalue weighted by Crippen LogP contribution is 2.14. The number of rotatable bonds is 9. The molecular formula is C19H39IN4O2. The SMILES string of the molecule is CN=C(NCCCOCC1CCOCC1)NCCN1CCCCCC1.I. The Balaban J connectivity index is 0.00000338. The van der Waals surface area contributed by atoms with Crippen LogP contribution < -0.4 is 10.6 Å². The molecule has 0 aromatic carbocycles. The summed E-state index contributed by atoms with van der Waals surface area (Å²) in [5.74, 6) is 1.59. The highest BCUT2D eigenvalue weighted by molar-refractivity contribution is 14.0. The molecular weight excluding hydrogens is 443 g/mol. The fourth-order valence-electron chi connectivity index (χ4n) is 3.46. The molecule has 154 valence electrons. The second kappa shape index (κ2) is 15.9. The number of guanidine groups is 1. The van der Waals surface area contributed by atoms with Gasteiger partial charge in [-0.1, -0.05) is 12.8 Å². The fraction of sp³-hybridized carbons (Fsp3) is 0.947. The number of nitrogens with zero attached hydrogens (tertiary/aromatic N) is 2. The number of likely N-dealkylation sites (tertiary alicyclic amines) is 1. The second-order valence-corrected chi connectivity index (χ2v) is 7.17. The quantitative estimate of drug-likeness (QED) is 0.229. The number of ether oxygens (including phenoxy) is 2. The number of nitrogens with one attached hydrogen (secondary N) is 2. The first kappa shape index (κ1) is 23.9. The van der Waals surface area contributed by atoms with E-state index in [1.165, 1.54) is 38.8 Å². The summed E-state index contributed by atoms with van der Waals surface area (Å²) < 4.78 is 11.2. The Bertz CT molecular complexity index is 357. The summed E-state index contributed by atoms with van der Waals surface area (Å²) in [6.45, 7) is 8.95. The average molecular weight is 482 g/mol. The van der Waals surface area contributed by atoms with Crippen LogP contribution in [0.2, 0.25) is 0 Å². The molecule has 0 aromatic heterocycles. The third-order valence-electron chi connectivity index (χ3n) is 5.10. The van der Waals surface area contributed by atoms with E-state index in [0.717, 1.165) is 71.3 Å². The van der Waals surface area contributed by atoms with Crippen LogP contribution in [0, 0.1) is 5.92 Å². The van der Waals surface area contributed by atoms with Crippen LogP contribution in [0.3, 0.4) is 0 Å². The van der Waals surface area contributed by atoms with Crippen LogP contribution in [0.4, 0.5) is 0 Å². The number of halogens is 1. The summed E-state index contributed by atoms with van der Waals surface area (Å²) in [4.78, 5) is 6.87. The monoisotopic (exact) mass is 482 g/mol. The van der Waals surface area contributed by atoms with Crippen LogP contribution in [-0.4, -0.2) is 77.1 Å². The van der Waals surface area contributed by atoms with Gasteiger partial charge in [-0.3, -0.25) is 4.99 Å². The molecule has 2 N–H and O–H groups in total. The van der Waals surface area contributed by atoms with Crippen molar-refractivity contribution in [2.24, 2.45) is 10.9 Å². The molecule has 0 radical (unpaired) electrons. The molecule has 0 aliphatic carbocycles. The third-order valence-corrected chi connectivity index (χ3v) is 5.10. The molecule has 2 aliphatic heterocycles. The van der Waals surface area contributed by atoms with Gasteiger partial charge in [0.05, 0.1) is 0 Å². The van der Waals surface area contributed by atoms with Crippen molar-refractivity contribution in [3.05, 3.63) is 0 Å². The van der Waals surface area contributed by atoms with Crippen molar-refractivity contribution in [1.82, 2.24) is 15.5 Å². The molecule has 6 nitrogen and oxygen atoms in total. The van der Waals surface area contributed by atoms with Gasteiger partial charge >= 0.3 is 0 Å². The van der Waals surface area contributed by atoms with Crippen LogP contribution in [0.5, 0.6) is 0 Å². The maximum absolute atomic E-state index is 5.80. The smallest absolute Gasteiger partial charge is 0.191 e. The Hall–Kier alpha value is -0.120. The number of hydrogen-bond acceptors (Lipinski definition) is 4. The van der Waals surface area contributed by atoms with E-state index < -0.39 is 0 Å². The molecule has 2 aliphatic rings. The Morgan fingerprint density at radius 2 is 1.77 bits per heavy atom. The Morgan fingerprint density at radius 3 is 2.46 bits per heavy atom. The Kier molecular flexibility index (Phi) is 14.6. The van der Waals surface area contributed by atoms with Crippen molar-refractivity contribution in [3.63, 3.8) is 0 Å². The van der Waals surface area contributed by atoms with Gasteiger partial charge in [-0.2, -0.15) is 0 Å². The molecule has 7 heteroatoms. The van der Waals surface area contributed by atoms with E-state index in [0.29, 0.717) is 5.92 Å². The lowest BCUT2D eigenvalue weighted by molar-refractivity contribution is 0.0203. The fourth-order valence-corrected chi connectivity index (χ4v) is 3.46. The summed E-state index contributed by atoms with van der Waals surface area (Å²) >= 11 is 0. The van der Waals surface area contributed by atoms with E-state index in [1.54, 1.807) is 0 Å². The molecule has 0 amide bonds. The van der Waals surface area contributed by atoms with Crippen molar-refractivity contribution >= 4 is 29.9 Å². The summed E-state index contributed by atoms with van der Waals surface area (Å²) in [6.07, 6.45) is 8.78. The maximum atomic E-state index is 5.80. The molecule has 0 saturated carbocycles. The third kappa shape index (κ3) is 10.9.